The van der Waals surface area contributed by atoms with Gasteiger partial charge >= 0.3 is 0 Å². The summed E-state index contributed by atoms with van der Waals surface area (Å²) in [7, 11) is 1.84. The zero-order chi connectivity index (χ0) is 20.6. The van der Waals surface area contributed by atoms with Crippen LogP contribution >= 0.6 is 0 Å². The average Bonchev–Trinajstić information content (AvgIpc) is 2.65. The highest BCUT2D eigenvalue weighted by Gasteiger charge is 2.53. The minimum Gasteiger partial charge on any atom is -0.380 e. The Morgan fingerprint density at radius 3 is 2.66 bits per heavy atom. The molecule has 2 aliphatic carbocycles. The van der Waals surface area contributed by atoms with Gasteiger partial charge < -0.3 is 20.1 Å². The lowest BCUT2D eigenvalue weighted by molar-refractivity contribution is -0.191. The molecule has 1 amide bonds. The van der Waals surface area contributed by atoms with Gasteiger partial charge in [-0.3, -0.25) is 4.79 Å². The van der Waals surface area contributed by atoms with Crippen LogP contribution in [0.1, 0.15) is 61.9 Å². The molecule has 160 valence electrons. The molecule has 1 saturated heterocycles. The number of hydrogen-bond donors (Lipinski definition) is 1. The average molecular weight is 401 g/mol. The van der Waals surface area contributed by atoms with E-state index in [-0.39, 0.29) is 11.5 Å². The molecule has 1 spiro atoms. The van der Waals surface area contributed by atoms with Crippen LogP contribution in [0, 0.1) is 17.3 Å². The number of carbonyl (C=O) groups is 1. The number of rotatable bonds is 7. The summed E-state index contributed by atoms with van der Waals surface area (Å²) >= 11 is 0. The van der Waals surface area contributed by atoms with Gasteiger partial charge in [0, 0.05) is 36.6 Å². The second-order valence-corrected chi connectivity index (χ2v) is 9.61. The largest absolute Gasteiger partial charge is 0.380 e. The van der Waals surface area contributed by atoms with Gasteiger partial charge in [0.25, 0.3) is 0 Å². The molecular formula is C24H36N2O3. The van der Waals surface area contributed by atoms with E-state index in [1.54, 1.807) is 6.07 Å². The van der Waals surface area contributed by atoms with Crippen molar-refractivity contribution in [2.45, 2.75) is 57.6 Å². The number of amides is 1. The molecule has 1 heterocycles. The summed E-state index contributed by atoms with van der Waals surface area (Å²) in [5.41, 5.74) is 7.34. The van der Waals surface area contributed by atoms with Crippen molar-refractivity contribution in [2.75, 3.05) is 33.4 Å². The first kappa shape index (κ1) is 20.8. The van der Waals surface area contributed by atoms with Crippen LogP contribution in [0.5, 0.6) is 0 Å². The number of methoxy groups -OCH3 is 1. The minimum absolute atomic E-state index is 0.377. The Balaban J connectivity index is 1.59. The molecule has 3 unspecified atom stereocenters. The molecule has 5 nitrogen and oxygen atoms in total. The van der Waals surface area contributed by atoms with Gasteiger partial charge in [-0.1, -0.05) is 32.4 Å². The number of primary amides is 1. The third kappa shape index (κ3) is 3.51. The van der Waals surface area contributed by atoms with E-state index in [1.807, 2.05) is 19.2 Å². The molecule has 2 N–H and O–H groups in total. The van der Waals surface area contributed by atoms with Crippen molar-refractivity contribution >= 4 is 5.91 Å². The van der Waals surface area contributed by atoms with E-state index in [0.717, 1.165) is 44.7 Å². The topological polar surface area (TPSA) is 64.8 Å². The van der Waals surface area contributed by atoms with Crippen LogP contribution in [0.15, 0.2) is 24.3 Å². The minimum atomic E-state index is -0.379. The number of benzene rings is 1. The molecule has 5 heteroatoms. The van der Waals surface area contributed by atoms with Gasteiger partial charge in [-0.25, -0.2) is 0 Å². The predicted molar refractivity (Wildman–Crippen MR) is 114 cm³/mol. The van der Waals surface area contributed by atoms with Crippen LogP contribution in [0.2, 0.25) is 0 Å². The van der Waals surface area contributed by atoms with Crippen LogP contribution < -0.4 is 5.73 Å². The van der Waals surface area contributed by atoms with Gasteiger partial charge in [-0.2, -0.15) is 0 Å². The van der Waals surface area contributed by atoms with E-state index >= 15 is 0 Å². The number of carbonyl (C=O) groups excluding carboxylic acids is 1. The maximum atomic E-state index is 11.8. The first-order valence-corrected chi connectivity index (χ1v) is 11.2. The SMILES string of the molecule is CCN(CC1CCCC(C)C1(OC)c1cccc(C(N)=O)c1)C1CC2(COC2)C1. The van der Waals surface area contributed by atoms with Crippen molar-refractivity contribution in [1.82, 2.24) is 4.90 Å². The molecule has 3 atom stereocenters. The molecule has 3 fully saturated rings. The van der Waals surface area contributed by atoms with E-state index in [2.05, 4.69) is 24.8 Å². The maximum Gasteiger partial charge on any atom is 0.248 e. The Morgan fingerprint density at radius 1 is 1.31 bits per heavy atom. The fourth-order valence-electron chi connectivity index (χ4n) is 6.29. The maximum absolute atomic E-state index is 11.8. The first-order chi connectivity index (χ1) is 13.9. The summed E-state index contributed by atoms with van der Waals surface area (Å²) in [5, 5.41) is 0. The third-order valence-electron chi connectivity index (χ3n) is 8.00. The predicted octanol–water partition coefficient (Wildman–Crippen LogP) is 3.56. The Kier molecular flexibility index (Phi) is 5.75. The second-order valence-electron chi connectivity index (χ2n) is 9.61. The summed E-state index contributed by atoms with van der Waals surface area (Å²) < 4.78 is 11.8. The summed E-state index contributed by atoms with van der Waals surface area (Å²) in [6.45, 7) is 8.57. The lowest BCUT2D eigenvalue weighted by atomic mass is 9.62. The molecule has 0 radical (unpaired) electrons. The van der Waals surface area contributed by atoms with Gasteiger partial charge in [-0.15, -0.1) is 0 Å². The molecule has 1 aromatic rings. The van der Waals surface area contributed by atoms with Crippen LogP contribution in [-0.2, 0) is 15.1 Å². The van der Waals surface area contributed by atoms with Crippen LogP contribution in [0.4, 0.5) is 0 Å². The van der Waals surface area contributed by atoms with Crippen molar-refractivity contribution in [3.05, 3.63) is 35.4 Å². The van der Waals surface area contributed by atoms with E-state index in [9.17, 15) is 4.79 Å². The molecule has 0 bridgehead atoms. The van der Waals surface area contributed by atoms with Crippen molar-refractivity contribution < 1.29 is 14.3 Å². The summed E-state index contributed by atoms with van der Waals surface area (Å²) in [6, 6.07) is 8.47. The lowest BCUT2D eigenvalue weighted by Gasteiger charge is -2.57. The van der Waals surface area contributed by atoms with Crippen molar-refractivity contribution in [3.8, 4) is 0 Å². The molecule has 0 aromatic heterocycles. The highest BCUT2D eigenvalue weighted by molar-refractivity contribution is 5.92. The summed E-state index contributed by atoms with van der Waals surface area (Å²) in [6.07, 6.45) is 6.05. The van der Waals surface area contributed by atoms with Gasteiger partial charge in [0.1, 0.15) is 0 Å². The number of nitrogens with two attached hydrogens (primary N) is 1. The Hall–Kier alpha value is -1.43. The molecule has 3 aliphatic rings. The highest BCUT2D eigenvalue weighted by atomic mass is 16.5. The Bertz CT molecular complexity index is 739. The number of hydrogen-bond acceptors (Lipinski definition) is 4. The molecule has 4 rings (SSSR count). The van der Waals surface area contributed by atoms with E-state index in [4.69, 9.17) is 15.2 Å². The summed E-state index contributed by atoms with van der Waals surface area (Å²) in [4.78, 5) is 14.5. The summed E-state index contributed by atoms with van der Waals surface area (Å²) in [5.74, 6) is 0.408. The fourth-order valence-corrected chi connectivity index (χ4v) is 6.29. The smallest absolute Gasteiger partial charge is 0.248 e. The van der Waals surface area contributed by atoms with Gasteiger partial charge in [0.05, 0.1) is 18.8 Å². The van der Waals surface area contributed by atoms with Crippen LogP contribution in [0.3, 0.4) is 0 Å². The third-order valence-corrected chi connectivity index (χ3v) is 8.00. The standard InChI is InChI=1S/C24H36N2O3/c1-4-26(21-12-23(13-21)15-29-16-23)14-20-10-5-7-17(2)24(20,28-3)19-9-6-8-18(11-19)22(25)27/h6,8-9,11,17,20-21H,4-5,7,10,12-16H2,1-3H3,(H2,25,27). The van der Waals surface area contributed by atoms with E-state index in [0.29, 0.717) is 28.9 Å². The van der Waals surface area contributed by atoms with Crippen LogP contribution in [-0.4, -0.2) is 50.3 Å². The zero-order valence-electron chi connectivity index (χ0n) is 18.2. The lowest BCUT2D eigenvalue weighted by Crippen LogP contribution is -2.61. The molecule has 29 heavy (non-hydrogen) atoms. The molecular weight excluding hydrogens is 364 g/mol. The molecule has 2 saturated carbocycles. The number of nitrogens with zero attached hydrogens (tertiary/aromatic N) is 1. The van der Waals surface area contributed by atoms with Gasteiger partial charge in [0.2, 0.25) is 5.91 Å². The number of ether oxygens (including phenoxy) is 2. The zero-order valence-corrected chi connectivity index (χ0v) is 18.2. The van der Waals surface area contributed by atoms with Crippen molar-refractivity contribution in [1.29, 1.82) is 0 Å². The second kappa shape index (κ2) is 8.01. The fraction of sp³-hybridized carbons (Fsp3) is 0.708. The van der Waals surface area contributed by atoms with E-state index in [1.165, 1.54) is 19.3 Å². The normalized spacial score (nSPS) is 31.4. The van der Waals surface area contributed by atoms with Gasteiger partial charge in [0.15, 0.2) is 0 Å². The van der Waals surface area contributed by atoms with Gasteiger partial charge in [-0.05, 0) is 55.8 Å². The van der Waals surface area contributed by atoms with Crippen molar-refractivity contribution in [2.24, 2.45) is 23.0 Å². The Morgan fingerprint density at radius 2 is 2.07 bits per heavy atom. The molecule has 1 aromatic carbocycles. The molecule has 1 aliphatic heterocycles. The van der Waals surface area contributed by atoms with Crippen LogP contribution in [0.25, 0.3) is 0 Å². The Labute approximate surface area is 174 Å². The van der Waals surface area contributed by atoms with E-state index < -0.39 is 0 Å². The first-order valence-electron chi connectivity index (χ1n) is 11.2. The quantitative estimate of drug-likeness (QED) is 0.760. The van der Waals surface area contributed by atoms with Crippen molar-refractivity contribution in [3.63, 3.8) is 0 Å². The monoisotopic (exact) mass is 400 g/mol. The highest BCUT2D eigenvalue weighted by Crippen LogP contribution is 2.52.